The van der Waals surface area contributed by atoms with Crippen LogP contribution in [0, 0.1) is 0 Å². The summed E-state index contributed by atoms with van der Waals surface area (Å²) in [5.74, 6) is 1.18. The maximum Gasteiger partial charge on any atom is 0.152 e. The van der Waals surface area contributed by atoms with Crippen LogP contribution in [0.3, 0.4) is 0 Å². The lowest BCUT2D eigenvalue weighted by molar-refractivity contribution is -0.119. The monoisotopic (exact) mass is 259 g/mol. The minimum absolute atomic E-state index is 0.278. The number of benzene rings is 1. The standard InChI is InChI=1S/C16H21NO2/c1-3-6-13(18)12-17-10-9-14-15(17)7-5-8-16(14)19-11-4-2/h5,7-10H,3-4,6,11-12H2,1-2H3. The van der Waals surface area contributed by atoms with Crippen LogP contribution in [-0.4, -0.2) is 17.0 Å². The highest BCUT2D eigenvalue weighted by atomic mass is 16.5. The molecular formula is C16H21NO2. The fraction of sp³-hybridized carbons (Fsp3) is 0.438. The van der Waals surface area contributed by atoms with Crippen LogP contribution < -0.4 is 4.74 Å². The molecule has 2 aromatic rings. The molecule has 2 rings (SSSR count). The number of ketones is 1. The zero-order valence-corrected chi connectivity index (χ0v) is 11.7. The van der Waals surface area contributed by atoms with Crippen molar-refractivity contribution in [2.45, 2.75) is 39.7 Å². The topological polar surface area (TPSA) is 31.2 Å². The molecule has 0 fully saturated rings. The summed E-state index contributed by atoms with van der Waals surface area (Å²) < 4.78 is 7.74. The predicted molar refractivity (Wildman–Crippen MR) is 77.6 cm³/mol. The Bertz CT molecular complexity index is 557. The van der Waals surface area contributed by atoms with Crippen molar-refractivity contribution < 1.29 is 9.53 Å². The minimum Gasteiger partial charge on any atom is -0.493 e. The van der Waals surface area contributed by atoms with E-state index >= 15 is 0 Å². The van der Waals surface area contributed by atoms with Crippen LogP contribution in [0.5, 0.6) is 5.75 Å². The van der Waals surface area contributed by atoms with Gasteiger partial charge in [0.05, 0.1) is 18.7 Å². The Kier molecular flexibility index (Phi) is 4.61. The Morgan fingerprint density at radius 3 is 2.79 bits per heavy atom. The highest BCUT2D eigenvalue weighted by Crippen LogP contribution is 2.26. The number of rotatable bonds is 7. The van der Waals surface area contributed by atoms with Crippen LogP contribution in [0.1, 0.15) is 33.1 Å². The first-order valence-corrected chi connectivity index (χ1v) is 6.98. The molecule has 0 bridgehead atoms. The maximum absolute atomic E-state index is 11.8. The molecule has 0 unspecified atom stereocenters. The minimum atomic E-state index is 0.278. The van der Waals surface area contributed by atoms with E-state index < -0.39 is 0 Å². The number of carbonyl (C=O) groups is 1. The normalized spacial score (nSPS) is 10.8. The van der Waals surface area contributed by atoms with Gasteiger partial charge in [-0.05, 0) is 31.0 Å². The van der Waals surface area contributed by atoms with Crippen molar-refractivity contribution in [2.75, 3.05) is 6.61 Å². The Labute approximate surface area is 114 Å². The first kappa shape index (κ1) is 13.7. The molecule has 0 aliphatic carbocycles. The maximum atomic E-state index is 11.8. The van der Waals surface area contributed by atoms with E-state index in [1.807, 2.05) is 42.0 Å². The van der Waals surface area contributed by atoms with Crippen molar-refractivity contribution in [1.82, 2.24) is 4.57 Å². The van der Waals surface area contributed by atoms with Gasteiger partial charge in [-0.3, -0.25) is 4.79 Å². The van der Waals surface area contributed by atoms with Crippen molar-refractivity contribution in [1.29, 1.82) is 0 Å². The smallest absolute Gasteiger partial charge is 0.152 e. The van der Waals surface area contributed by atoms with E-state index in [9.17, 15) is 4.79 Å². The van der Waals surface area contributed by atoms with E-state index in [4.69, 9.17) is 4.74 Å². The van der Waals surface area contributed by atoms with Crippen LogP contribution in [-0.2, 0) is 11.3 Å². The summed E-state index contributed by atoms with van der Waals surface area (Å²) in [6, 6.07) is 8.03. The van der Waals surface area contributed by atoms with Gasteiger partial charge >= 0.3 is 0 Å². The predicted octanol–water partition coefficient (Wildman–Crippen LogP) is 3.80. The molecule has 0 saturated carbocycles. The summed E-state index contributed by atoms with van der Waals surface area (Å²) in [5.41, 5.74) is 1.07. The molecule has 1 heterocycles. The number of nitrogens with zero attached hydrogens (tertiary/aromatic N) is 1. The van der Waals surface area contributed by atoms with Gasteiger partial charge in [-0.15, -0.1) is 0 Å². The van der Waals surface area contributed by atoms with E-state index in [0.29, 0.717) is 13.0 Å². The molecule has 3 heteroatoms. The van der Waals surface area contributed by atoms with Gasteiger partial charge in [-0.2, -0.15) is 0 Å². The van der Waals surface area contributed by atoms with Gasteiger partial charge in [0.25, 0.3) is 0 Å². The van der Waals surface area contributed by atoms with Crippen molar-refractivity contribution in [2.24, 2.45) is 0 Å². The van der Waals surface area contributed by atoms with Crippen LogP contribution >= 0.6 is 0 Å². The van der Waals surface area contributed by atoms with E-state index in [0.717, 1.165) is 36.1 Å². The molecule has 1 aromatic carbocycles. The van der Waals surface area contributed by atoms with Crippen LogP contribution in [0.4, 0.5) is 0 Å². The van der Waals surface area contributed by atoms with Crippen LogP contribution in [0.2, 0.25) is 0 Å². The molecule has 0 spiro atoms. The van der Waals surface area contributed by atoms with Crippen molar-refractivity contribution in [3.05, 3.63) is 30.5 Å². The summed E-state index contributed by atoms with van der Waals surface area (Å²) in [6.45, 7) is 5.30. The molecular weight excluding hydrogens is 238 g/mol. The third-order valence-corrected chi connectivity index (χ3v) is 3.11. The average molecular weight is 259 g/mol. The number of ether oxygens (including phenoxy) is 1. The van der Waals surface area contributed by atoms with Crippen LogP contribution in [0.15, 0.2) is 30.5 Å². The number of carbonyl (C=O) groups excluding carboxylic acids is 1. The lowest BCUT2D eigenvalue weighted by Crippen LogP contribution is -2.08. The van der Waals surface area contributed by atoms with Crippen LogP contribution in [0.25, 0.3) is 10.9 Å². The Morgan fingerprint density at radius 2 is 2.05 bits per heavy atom. The highest BCUT2D eigenvalue weighted by Gasteiger charge is 2.08. The second-order valence-electron chi connectivity index (χ2n) is 4.77. The number of hydrogen-bond donors (Lipinski definition) is 0. The summed E-state index contributed by atoms with van der Waals surface area (Å²) in [4.78, 5) is 11.8. The van der Waals surface area contributed by atoms with Gasteiger partial charge in [-0.25, -0.2) is 0 Å². The summed E-state index contributed by atoms with van der Waals surface area (Å²) in [5, 5.41) is 1.08. The fourth-order valence-electron chi connectivity index (χ4n) is 2.22. The molecule has 0 radical (unpaired) electrons. The number of Topliss-reactive ketones (excluding diaryl/α,β-unsaturated/α-hetero) is 1. The largest absolute Gasteiger partial charge is 0.493 e. The molecule has 0 aliphatic heterocycles. The molecule has 0 aliphatic rings. The second-order valence-corrected chi connectivity index (χ2v) is 4.77. The molecule has 0 N–H and O–H groups in total. The third kappa shape index (κ3) is 3.16. The quantitative estimate of drug-likeness (QED) is 0.757. The van der Waals surface area contributed by atoms with Crippen molar-refractivity contribution >= 4 is 16.7 Å². The van der Waals surface area contributed by atoms with E-state index in [1.54, 1.807) is 0 Å². The zero-order chi connectivity index (χ0) is 13.7. The van der Waals surface area contributed by atoms with E-state index in [2.05, 4.69) is 6.92 Å². The number of aromatic nitrogens is 1. The van der Waals surface area contributed by atoms with E-state index in [-0.39, 0.29) is 5.78 Å². The van der Waals surface area contributed by atoms with Crippen molar-refractivity contribution in [3.63, 3.8) is 0 Å². The lowest BCUT2D eigenvalue weighted by Gasteiger charge is -2.08. The van der Waals surface area contributed by atoms with Gasteiger partial charge in [0.1, 0.15) is 5.75 Å². The first-order valence-electron chi connectivity index (χ1n) is 6.98. The van der Waals surface area contributed by atoms with Gasteiger partial charge in [-0.1, -0.05) is 19.9 Å². The summed E-state index contributed by atoms with van der Waals surface area (Å²) in [7, 11) is 0. The van der Waals surface area contributed by atoms with Gasteiger partial charge < -0.3 is 9.30 Å². The van der Waals surface area contributed by atoms with Crippen molar-refractivity contribution in [3.8, 4) is 5.75 Å². The summed E-state index contributed by atoms with van der Waals surface area (Å²) >= 11 is 0. The Hall–Kier alpha value is -1.77. The fourth-order valence-corrected chi connectivity index (χ4v) is 2.22. The van der Waals surface area contributed by atoms with E-state index in [1.165, 1.54) is 0 Å². The lowest BCUT2D eigenvalue weighted by atomic mass is 10.2. The first-order chi connectivity index (χ1) is 9.26. The average Bonchev–Trinajstić information content (AvgIpc) is 2.80. The molecule has 3 nitrogen and oxygen atoms in total. The Balaban J connectivity index is 2.25. The highest BCUT2D eigenvalue weighted by molar-refractivity contribution is 5.88. The molecule has 19 heavy (non-hydrogen) atoms. The molecule has 0 amide bonds. The third-order valence-electron chi connectivity index (χ3n) is 3.11. The summed E-state index contributed by atoms with van der Waals surface area (Å²) in [6.07, 6.45) is 4.51. The second kappa shape index (κ2) is 6.41. The molecule has 0 atom stereocenters. The Morgan fingerprint density at radius 1 is 1.21 bits per heavy atom. The van der Waals surface area contributed by atoms with Gasteiger partial charge in [0.2, 0.25) is 0 Å². The molecule has 1 aromatic heterocycles. The molecule has 102 valence electrons. The molecule has 0 saturated heterocycles. The van der Waals surface area contributed by atoms with Gasteiger partial charge in [0.15, 0.2) is 5.78 Å². The SMILES string of the molecule is CCCOc1cccc2c1ccn2CC(=O)CCC. The van der Waals surface area contributed by atoms with Gasteiger partial charge in [0, 0.05) is 18.0 Å². The number of fused-ring (bicyclic) bond motifs is 1. The zero-order valence-electron chi connectivity index (χ0n) is 11.7. The number of hydrogen-bond acceptors (Lipinski definition) is 2.